The minimum Gasteiger partial charge on any atom is -0.396 e. The summed E-state index contributed by atoms with van der Waals surface area (Å²) in [4.78, 5) is 16.7. The number of rotatable bonds is 11. The van der Waals surface area contributed by atoms with E-state index in [0.717, 1.165) is 6.26 Å². The van der Waals surface area contributed by atoms with Crippen LogP contribution in [0, 0.1) is 12.8 Å². The SMILES string of the molecule is [CH2]CCNC(=O)NOC(CCO)CC(NS(C)(=O)=O)C(C)C. The van der Waals surface area contributed by atoms with Crippen LogP contribution in [0.5, 0.6) is 0 Å². The fourth-order valence-corrected chi connectivity index (χ4v) is 2.68. The van der Waals surface area contributed by atoms with Gasteiger partial charge in [0.2, 0.25) is 10.0 Å². The Hall–Kier alpha value is -0.900. The van der Waals surface area contributed by atoms with Gasteiger partial charge in [0.15, 0.2) is 0 Å². The van der Waals surface area contributed by atoms with Gasteiger partial charge < -0.3 is 10.4 Å². The smallest absolute Gasteiger partial charge is 0.338 e. The molecule has 131 valence electrons. The molecule has 0 fully saturated rings. The summed E-state index contributed by atoms with van der Waals surface area (Å²) < 4.78 is 25.3. The molecule has 2 unspecified atom stereocenters. The lowest BCUT2D eigenvalue weighted by molar-refractivity contribution is -0.0257. The van der Waals surface area contributed by atoms with Crippen LogP contribution >= 0.6 is 0 Å². The van der Waals surface area contributed by atoms with E-state index in [4.69, 9.17) is 9.94 Å². The fourth-order valence-electron chi connectivity index (χ4n) is 1.76. The maximum Gasteiger partial charge on any atom is 0.338 e. The average Bonchev–Trinajstić information content (AvgIpc) is 2.40. The molecule has 0 saturated carbocycles. The van der Waals surface area contributed by atoms with Gasteiger partial charge in [-0.1, -0.05) is 20.8 Å². The number of sulfonamides is 1. The molecule has 0 aliphatic heterocycles. The van der Waals surface area contributed by atoms with E-state index in [9.17, 15) is 13.2 Å². The Morgan fingerprint density at radius 3 is 2.45 bits per heavy atom. The summed E-state index contributed by atoms with van der Waals surface area (Å²) >= 11 is 0. The molecule has 0 heterocycles. The summed E-state index contributed by atoms with van der Waals surface area (Å²) in [7, 11) is -3.35. The molecular weight excluding hydrogens is 310 g/mol. The first-order chi connectivity index (χ1) is 10.2. The second-order valence-electron chi connectivity index (χ2n) is 5.44. The first-order valence-corrected chi connectivity index (χ1v) is 9.15. The molecule has 0 spiro atoms. The predicted octanol–water partition coefficient (Wildman–Crippen LogP) is 0.156. The van der Waals surface area contributed by atoms with Crippen LogP contribution in [-0.4, -0.2) is 51.1 Å². The molecule has 22 heavy (non-hydrogen) atoms. The van der Waals surface area contributed by atoms with Gasteiger partial charge in [-0.3, -0.25) is 4.84 Å². The summed E-state index contributed by atoms with van der Waals surface area (Å²) in [5.41, 5.74) is 2.24. The van der Waals surface area contributed by atoms with Crippen LogP contribution in [0.1, 0.15) is 33.1 Å². The van der Waals surface area contributed by atoms with Crippen molar-refractivity contribution < 1.29 is 23.2 Å². The minimum atomic E-state index is -3.35. The number of urea groups is 1. The normalized spacial score (nSPS) is 14.6. The van der Waals surface area contributed by atoms with Gasteiger partial charge in [-0.15, -0.1) is 0 Å². The van der Waals surface area contributed by atoms with Crippen LogP contribution in [-0.2, 0) is 14.9 Å². The first-order valence-electron chi connectivity index (χ1n) is 7.26. The monoisotopic (exact) mass is 338 g/mol. The number of carbonyl (C=O) groups excluding carboxylic acids is 1. The first kappa shape index (κ1) is 21.1. The molecule has 0 rings (SSSR count). The van der Waals surface area contributed by atoms with E-state index in [1.165, 1.54) is 0 Å². The summed E-state index contributed by atoms with van der Waals surface area (Å²) in [5, 5.41) is 11.6. The maximum atomic E-state index is 11.4. The van der Waals surface area contributed by atoms with Gasteiger partial charge in [0.1, 0.15) is 0 Å². The highest BCUT2D eigenvalue weighted by molar-refractivity contribution is 7.88. The van der Waals surface area contributed by atoms with Crippen LogP contribution in [0.3, 0.4) is 0 Å². The molecule has 4 N–H and O–H groups in total. The van der Waals surface area contributed by atoms with Crippen molar-refractivity contribution in [1.82, 2.24) is 15.5 Å². The zero-order chi connectivity index (χ0) is 17.2. The largest absolute Gasteiger partial charge is 0.396 e. The van der Waals surface area contributed by atoms with Crippen LogP contribution in [0.4, 0.5) is 4.79 Å². The molecule has 0 aromatic rings. The van der Waals surface area contributed by atoms with Gasteiger partial charge in [0, 0.05) is 19.2 Å². The Morgan fingerprint density at radius 2 is 2.00 bits per heavy atom. The second kappa shape index (κ2) is 10.8. The second-order valence-corrected chi connectivity index (χ2v) is 7.22. The number of carbonyl (C=O) groups is 1. The van der Waals surface area contributed by atoms with E-state index in [1.807, 2.05) is 13.8 Å². The maximum absolute atomic E-state index is 11.4. The fraction of sp³-hybridized carbons (Fsp3) is 0.846. The average molecular weight is 338 g/mol. The molecule has 2 amide bonds. The number of nitrogens with one attached hydrogen (secondary N) is 3. The zero-order valence-corrected chi connectivity index (χ0v) is 14.3. The van der Waals surface area contributed by atoms with Gasteiger partial charge in [-0.2, -0.15) is 0 Å². The molecule has 9 heteroatoms. The number of aliphatic hydroxyl groups excluding tert-OH is 1. The van der Waals surface area contributed by atoms with Crippen LogP contribution < -0.4 is 15.5 Å². The Morgan fingerprint density at radius 1 is 1.36 bits per heavy atom. The van der Waals surface area contributed by atoms with Crippen molar-refractivity contribution in [2.24, 2.45) is 5.92 Å². The molecule has 1 radical (unpaired) electrons. The lowest BCUT2D eigenvalue weighted by atomic mass is 9.98. The highest BCUT2D eigenvalue weighted by Crippen LogP contribution is 2.14. The molecule has 0 aliphatic rings. The van der Waals surface area contributed by atoms with Crippen molar-refractivity contribution in [3.05, 3.63) is 6.92 Å². The van der Waals surface area contributed by atoms with Crippen molar-refractivity contribution in [3.8, 4) is 0 Å². The lowest BCUT2D eigenvalue weighted by Crippen LogP contribution is -2.44. The zero-order valence-electron chi connectivity index (χ0n) is 13.5. The Bertz CT molecular complexity index is 414. The highest BCUT2D eigenvalue weighted by Gasteiger charge is 2.23. The summed E-state index contributed by atoms with van der Waals surface area (Å²) in [6.07, 6.45) is 1.76. The van der Waals surface area contributed by atoms with Gasteiger partial charge in [-0.05, 0) is 25.2 Å². The quantitative estimate of drug-likeness (QED) is 0.400. The minimum absolute atomic E-state index is 0.0412. The number of hydrogen-bond donors (Lipinski definition) is 4. The van der Waals surface area contributed by atoms with Crippen molar-refractivity contribution in [3.63, 3.8) is 0 Å². The van der Waals surface area contributed by atoms with Crippen molar-refractivity contribution >= 4 is 16.1 Å². The van der Waals surface area contributed by atoms with Crippen molar-refractivity contribution in [2.45, 2.75) is 45.3 Å². The number of hydrogen-bond acceptors (Lipinski definition) is 5. The van der Waals surface area contributed by atoms with Crippen LogP contribution in [0.25, 0.3) is 0 Å². The Balaban J connectivity index is 4.54. The summed E-state index contributed by atoms with van der Waals surface area (Å²) in [6, 6.07) is -0.847. The number of aliphatic hydroxyl groups is 1. The van der Waals surface area contributed by atoms with E-state index in [-0.39, 0.29) is 25.0 Å². The van der Waals surface area contributed by atoms with Crippen LogP contribution in [0.15, 0.2) is 0 Å². The number of amides is 2. The van der Waals surface area contributed by atoms with Crippen LogP contribution in [0.2, 0.25) is 0 Å². The van der Waals surface area contributed by atoms with Crippen molar-refractivity contribution in [1.29, 1.82) is 0 Å². The van der Waals surface area contributed by atoms with Gasteiger partial charge in [0.05, 0.1) is 12.4 Å². The number of hydroxylamine groups is 1. The molecule has 0 aliphatic carbocycles. The van der Waals surface area contributed by atoms with Gasteiger partial charge >= 0.3 is 6.03 Å². The van der Waals surface area contributed by atoms with E-state index in [1.54, 1.807) is 0 Å². The molecule has 0 aromatic carbocycles. The third-order valence-electron chi connectivity index (χ3n) is 2.92. The predicted molar refractivity (Wildman–Crippen MR) is 84.3 cm³/mol. The Kier molecular flexibility index (Phi) is 10.3. The molecular formula is C13H28N3O5S. The van der Waals surface area contributed by atoms with Crippen molar-refractivity contribution in [2.75, 3.05) is 19.4 Å². The third-order valence-corrected chi connectivity index (χ3v) is 3.65. The topological polar surface area (TPSA) is 117 Å². The lowest BCUT2D eigenvalue weighted by Gasteiger charge is -2.26. The third kappa shape index (κ3) is 10.8. The molecule has 8 nitrogen and oxygen atoms in total. The summed E-state index contributed by atoms with van der Waals surface area (Å²) in [5.74, 6) is 0.0412. The van der Waals surface area contributed by atoms with E-state index >= 15 is 0 Å². The highest BCUT2D eigenvalue weighted by atomic mass is 32.2. The molecule has 0 aromatic heterocycles. The van der Waals surface area contributed by atoms with Gasteiger partial charge in [-0.25, -0.2) is 23.4 Å². The molecule has 0 bridgehead atoms. The Labute approximate surface area is 133 Å². The molecule has 0 saturated heterocycles. The summed E-state index contributed by atoms with van der Waals surface area (Å²) in [6.45, 7) is 7.65. The van der Waals surface area contributed by atoms with E-state index in [0.29, 0.717) is 19.4 Å². The van der Waals surface area contributed by atoms with Gasteiger partial charge in [0.25, 0.3) is 0 Å². The molecule has 2 atom stereocenters. The van der Waals surface area contributed by atoms with E-state index < -0.39 is 22.2 Å². The van der Waals surface area contributed by atoms with E-state index in [2.05, 4.69) is 22.4 Å². The standard InChI is InChI=1S/C13H28N3O5S/c1-5-7-14-13(18)15-21-11(6-8-17)9-12(10(2)3)16-22(4,19)20/h10-12,16-17H,1,5-9H2,2-4H3,(H2,14,15,18).